The van der Waals surface area contributed by atoms with Gasteiger partial charge in [-0.15, -0.1) is 0 Å². The minimum atomic E-state index is -0.398. The number of methoxy groups -OCH3 is 1. The molecular formula is C23H18BrNO4. The summed E-state index contributed by atoms with van der Waals surface area (Å²) in [6.45, 7) is 0. The summed E-state index contributed by atoms with van der Waals surface area (Å²) in [7, 11) is 1.60. The van der Waals surface area contributed by atoms with Gasteiger partial charge >= 0.3 is 5.97 Å². The Hall–Kier alpha value is -3.12. The van der Waals surface area contributed by atoms with E-state index in [0.29, 0.717) is 23.2 Å². The second kappa shape index (κ2) is 8.09. The van der Waals surface area contributed by atoms with E-state index in [4.69, 9.17) is 9.47 Å². The van der Waals surface area contributed by atoms with E-state index in [-0.39, 0.29) is 11.9 Å². The van der Waals surface area contributed by atoms with Gasteiger partial charge in [0.15, 0.2) is 0 Å². The van der Waals surface area contributed by atoms with Crippen LogP contribution in [-0.4, -0.2) is 19.0 Å². The normalized spacial score (nSPS) is 15.2. The molecule has 0 unspecified atom stereocenters. The van der Waals surface area contributed by atoms with Crippen molar-refractivity contribution in [2.75, 3.05) is 12.4 Å². The largest absolute Gasteiger partial charge is 0.497 e. The summed E-state index contributed by atoms with van der Waals surface area (Å²) in [5.41, 5.74) is 3.37. The number of rotatable bonds is 4. The third kappa shape index (κ3) is 4.17. The fraction of sp³-hybridized carbons (Fsp3) is 0.130. The zero-order valence-electron chi connectivity index (χ0n) is 15.6. The summed E-state index contributed by atoms with van der Waals surface area (Å²) in [4.78, 5) is 25.1. The molecule has 1 amide bonds. The maximum Gasteiger partial charge on any atom is 0.339 e. The molecule has 1 aliphatic heterocycles. The van der Waals surface area contributed by atoms with Crippen LogP contribution in [0.4, 0.5) is 5.69 Å². The standard InChI is InChI=1S/C23H18BrNO4/c1-28-19-9-2-14(3-10-19)21-13-16-12-15(4-11-20(16)23(27)29-21)22(26)25-18-7-5-17(24)6-8-18/h2-12,21H,13H2,1H3,(H,25,26)/t21-/m1/s1. The maximum absolute atomic E-state index is 12.6. The lowest BCUT2D eigenvalue weighted by Crippen LogP contribution is -2.23. The van der Waals surface area contributed by atoms with Gasteiger partial charge in [0, 0.05) is 22.1 Å². The van der Waals surface area contributed by atoms with Gasteiger partial charge < -0.3 is 14.8 Å². The molecule has 0 saturated carbocycles. The Bertz CT molecular complexity index is 1060. The fourth-order valence-electron chi connectivity index (χ4n) is 3.28. The number of benzene rings is 3. The molecule has 0 bridgehead atoms. The molecule has 1 aliphatic rings. The molecule has 3 aromatic rings. The van der Waals surface area contributed by atoms with E-state index in [1.807, 2.05) is 48.5 Å². The van der Waals surface area contributed by atoms with Gasteiger partial charge in [-0.1, -0.05) is 28.1 Å². The fourth-order valence-corrected chi connectivity index (χ4v) is 3.54. The van der Waals surface area contributed by atoms with Crippen molar-refractivity contribution in [3.63, 3.8) is 0 Å². The first-order chi connectivity index (χ1) is 14.0. The van der Waals surface area contributed by atoms with Crippen LogP contribution in [0.5, 0.6) is 5.75 Å². The van der Waals surface area contributed by atoms with E-state index in [0.717, 1.165) is 21.3 Å². The maximum atomic E-state index is 12.6. The quantitative estimate of drug-likeness (QED) is 0.556. The molecule has 29 heavy (non-hydrogen) atoms. The Kier molecular flexibility index (Phi) is 5.36. The summed E-state index contributed by atoms with van der Waals surface area (Å²) in [6.07, 6.45) is 0.109. The average Bonchev–Trinajstić information content (AvgIpc) is 2.75. The molecule has 5 nitrogen and oxygen atoms in total. The van der Waals surface area contributed by atoms with Crippen molar-refractivity contribution in [2.45, 2.75) is 12.5 Å². The minimum Gasteiger partial charge on any atom is -0.497 e. The number of fused-ring (bicyclic) bond motifs is 1. The van der Waals surface area contributed by atoms with Crippen LogP contribution >= 0.6 is 15.9 Å². The van der Waals surface area contributed by atoms with Gasteiger partial charge in [0.05, 0.1) is 12.7 Å². The summed E-state index contributed by atoms with van der Waals surface area (Å²) >= 11 is 3.37. The first kappa shape index (κ1) is 19.2. The third-order valence-corrected chi connectivity index (χ3v) is 5.36. The Balaban J connectivity index is 1.56. The number of anilines is 1. The number of hydrogen-bond donors (Lipinski definition) is 1. The van der Waals surface area contributed by atoms with E-state index in [1.54, 1.807) is 25.3 Å². The molecule has 146 valence electrons. The highest BCUT2D eigenvalue weighted by Gasteiger charge is 2.28. The molecule has 0 fully saturated rings. The summed E-state index contributed by atoms with van der Waals surface area (Å²) in [5.74, 6) is 0.130. The monoisotopic (exact) mass is 451 g/mol. The molecule has 0 aromatic heterocycles. The molecule has 6 heteroatoms. The number of carbonyl (C=O) groups is 2. The number of cyclic esters (lactones) is 1. The predicted octanol–water partition coefficient (Wildman–Crippen LogP) is 5.16. The van der Waals surface area contributed by atoms with Crippen LogP contribution in [0, 0.1) is 0 Å². The second-order valence-corrected chi connectivity index (χ2v) is 7.62. The SMILES string of the molecule is COc1ccc([C@H]2Cc3cc(C(=O)Nc4ccc(Br)cc4)ccc3C(=O)O2)cc1. The Morgan fingerprint density at radius 2 is 1.79 bits per heavy atom. The molecule has 4 rings (SSSR count). The zero-order valence-corrected chi connectivity index (χ0v) is 17.2. The predicted molar refractivity (Wildman–Crippen MR) is 113 cm³/mol. The van der Waals surface area contributed by atoms with Gasteiger partial charge in [0.1, 0.15) is 11.9 Å². The lowest BCUT2D eigenvalue weighted by Gasteiger charge is -2.25. The van der Waals surface area contributed by atoms with E-state index >= 15 is 0 Å². The lowest BCUT2D eigenvalue weighted by molar-refractivity contribution is 0.0252. The molecule has 0 aliphatic carbocycles. The van der Waals surface area contributed by atoms with Crippen molar-refractivity contribution in [3.8, 4) is 5.75 Å². The highest BCUT2D eigenvalue weighted by atomic mass is 79.9. The molecule has 1 N–H and O–H groups in total. The van der Waals surface area contributed by atoms with Gasteiger partial charge in [0.2, 0.25) is 0 Å². The van der Waals surface area contributed by atoms with Crippen molar-refractivity contribution in [2.24, 2.45) is 0 Å². The molecule has 3 aromatic carbocycles. The summed E-state index contributed by atoms with van der Waals surface area (Å²) < 4.78 is 11.7. The van der Waals surface area contributed by atoms with Crippen molar-refractivity contribution in [1.82, 2.24) is 0 Å². The smallest absolute Gasteiger partial charge is 0.339 e. The van der Waals surface area contributed by atoms with Crippen molar-refractivity contribution in [3.05, 3.63) is 93.5 Å². The van der Waals surface area contributed by atoms with E-state index in [9.17, 15) is 9.59 Å². The number of esters is 1. The minimum absolute atomic E-state index is 0.227. The van der Waals surface area contributed by atoms with Crippen LogP contribution in [0.1, 0.15) is 37.9 Å². The lowest BCUT2D eigenvalue weighted by atomic mass is 9.93. The summed E-state index contributed by atoms with van der Waals surface area (Å²) in [6, 6.07) is 19.8. The van der Waals surface area contributed by atoms with Crippen molar-refractivity contribution in [1.29, 1.82) is 0 Å². The van der Waals surface area contributed by atoms with E-state index in [2.05, 4.69) is 21.2 Å². The van der Waals surface area contributed by atoms with Crippen molar-refractivity contribution >= 4 is 33.5 Å². The van der Waals surface area contributed by atoms with Gasteiger partial charge in [-0.05, 0) is 65.7 Å². The Labute approximate surface area is 176 Å². The molecule has 1 atom stereocenters. The number of ether oxygens (including phenoxy) is 2. The number of carbonyl (C=O) groups excluding carboxylic acids is 2. The van der Waals surface area contributed by atoms with Crippen LogP contribution in [-0.2, 0) is 11.2 Å². The molecule has 0 saturated heterocycles. The average molecular weight is 452 g/mol. The van der Waals surface area contributed by atoms with Gasteiger partial charge in [-0.3, -0.25) is 4.79 Å². The second-order valence-electron chi connectivity index (χ2n) is 6.70. The van der Waals surface area contributed by atoms with Crippen LogP contribution < -0.4 is 10.1 Å². The molecular weight excluding hydrogens is 434 g/mol. The zero-order chi connectivity index (χ0) is 20.4. The highest BCUT2D eigenvalue weighted by molar-refractivity contribution is 9.10. The third-order valence-electron chi connectivity index (χ3n) is 4.83. The number of halogens is 1. The molecule has 0 spiro atoms. The first-order valence-corrected chi connectivity index (χ1v) is 9.87. The highest BCUT2D eigenvalue weighted by Crippen LogP contribution is 2.32. The van der Waals surface area contributed by atoms with Gasteiger partial charge in [0.25, 0.3) is 5.91 Å². The molecule has 0 radical (unpaired) electrons. The van der Waals surface area contributed by atoms with Gasteiger partial charge in [-0.2, -0.15) is 0 Å². The Morgan fingerprint density at radius 1 is 1.07 bits per heavy atom. The summed E-state index contributed by atoms with van der Waals surface area (Å²) in [5, 5.41) is 2.87. The molecule has 1 heterocycles. The van der Waals surface area contributed by atoms with Gasteiger partial charge in [-0.25, -0.2) is 4.79 Å². The van der Waals surface area contributed by atoms with Crippen LogP contribution in [0.15, 0.2) is 71.2 Å². The first-order valence-electron chi connectivity index (χ1n) is 9.08. The topological polar surface area (TPSA) is 64.6 Å². The number of hydrogen-bond acceptors (Lipinski definition) is 4. The Morgan fingerprint density at radius 3 is 2.48 bits per heavy atom. The van der Waals surface area contributed by atoms with E-state index < -0.39 is 6.10 Å². The van der Waals surface area contributed by atoms with Crippen LogP contribution in [0.25, 0.3) is 0 Å². The van der Waals surface area contributed by atoms with E-state index in [1.165, 1.54) is 0 Å². The number of nitrogens with one attached hydrogen (secondary N) is 1. The van der Waals surface area contributed by atoms with Crippen LogP contribution in [0.2, 0.25) is 0 Å². The van der Waals surface area contributed by atoms with Crippen molar-refractivity contribution < 1.29 is 19.1 Å². The number of amides is 1. The van der Waals surface area contributed by atoms with Crippen LogP contribution in [0.3, 0.4) is 0 Å².